The highest BCUT2D eigenvalue weighted by molar-refractivity contribution is 6.33. The van der Waals surface area contributed by atoms with Crippen LogP contribution in [0.3, 0.4) is 0 Å². The summed E-state index contributed by atoms with van der Waals surface area (Å²) in [6.45, 7) is 0. The third-order valence-electron chi connectivity index (χ3n) is 2.11. The molecule has 0 saturated carbocycles. The molecule has 2 radical (unpaired) electrons. The second kappa shape index (κ2) is 2.70. The second-order valence-electron chi connectivity index (χ2n) is 3.05. The van der Waals surface area contributed by atoms with Crippen molar-refractivity contribution in [1.82, 2.24) is 0 Å². The van der Waals surface area contributed by atoms with E-state index >= 15 is 0 Å². The molecule has 0 amide bonds. The molecule has 62 valence electrons. The van der Waals surface area contributed by atoms with Gasteiger partial charge in [-0.15, -0.1) is 0 Å². The molecule has 2 aromatic carbocycles. The topological polar surface area (TPSA) is 52.0 Å². The summed E-state index contributed by atoms with van der Waals surface area (Å²) in [4.78, 5) is 0. The molecule has 0 aliphatic heterocycles. The number of anilines is 2. The molecule has 13 heavy (non-hydrogen) atoms. The van der Waals surface area contributed by atoms with Crippen molar-refractivity contribution in [3.05, 3.63) is 30.3 Å². The summed E-state index contributed by atoms with van der Waals surface area (Å²) >= 11 is 0. The molecule has 3 heteroatoms. The Morgan fingerprint density at radius 3 is 2.15 bits per heavy atom. The first-order valence-corrected chi connectivity index (χ1v) is 4.01. The average Bonchev–Trinajstić information content (AvgIpc) is 2.12. The van der Waals surface area contributed by atoms with E-state index in [9.17, 15) is 0 Å². The van der Waals surface area contributed by atoms with Crippen molar-refractivity contribution in [1.29, 1.82) is 0 Å². The van der Waals surface area contributed by atoms with Crippen LogP contribution in [0.2, 0.25) is 0 Å². The zero-order valence-corrected chi connectivity index (χ0v) is 7.12. The molecule has 2 aromatic rings. The van der Waals surface area contributed by atoms with Crippen molar-refractivity contribution in [2.45, 2.75) is 0 Å². The molecule has 0 heterocycles. The standard InChI is InChI=1S/C10H9BN2/c11-6-1-2-7-8(5-6)10(13)4-3-9(7)12/h1-5H,12-13H2. The third kappa shape index (κ3) is 1.22. The molecule has 4 N–H and O–H groups in total. The van der Waals surface area contributed by atoms with Crippen LogP contribution < -0.4 is 16.9 Å². The van der Waals surface area contributed by atoms with Gasteiger partial charge in [0.15, 0.2) is 0 Å². The maximum atomic E-state index is 5.78. The van der Waals surface area contributed by atoms with Gasteiger partial charge in [-0.2, -0.15) is 0 Å². The average molecular weight is 168 g/mol. The maximum absolute atomic E-state index is 5.78. The largest absolute Gasteiger partial charge is 0.398 e. The number of nitrogens with two attached hydrogens (primary N) is 2. The Labute approximate surface area is 77.9 Å². The first-order valence-electron chi connectivity index (χ1n) is 4.01. The minimum absolute atomic E-state index is 0.699. The van der Waals surface area contributed by atoms with Crippen LogP contribution >= 0.6 is 0 Å². The number of benzene rings is 2. The van der Waals surface area contributed by atoms with Gasteiger partial charge in [0.2, 0.25) is 0 Å². The monoisotopic (exact) mass is 168 g/mol. The maximum Gasteiger partial charge on any atom is 0.113 e. The van der Waals surface area contributed by atoms with Crippen molar-refractivity contribution in [3.8, 4) is 0 Å². The van der Waals surface area contributed by atoms with Gasteiger partial charge in [-0.3, -0.25) is 0 Å². The van der Waals surface area contributed by atoms with Crippen molar-refractivity contribution in [2.24, 2.45) is 0 Å². The van der Waals surface area contributed by atoms with Gasteiger partial charge in [0, 0.05) is 22.1 Å². The van der Waals surface area contributed by atoms with Crippen molar-refractivity contribution in [2.75, 3.05) is 11.5 Å². The Balaban J connectivity index is 2.92. The lowest BCUT2D eigenvalue weighted by molar-refractivity contribution is 1.73. The van der Waals surface area contributed by atoms with Gasteiger partial charge < -0.3 is 11.5 Å². The fraction of sp³-hybridized carbons (Fsp3) is 0. The molecule has 0 aromatic heterocycles. The minimum Gasteiger partial charge on any atom is -0.398 e. The van der Waals surface area contributed by atoms with Gasteiger partial charge >= 0.3 is 0 Å². The van der Waals surface area contributed by atoms with Gasteiger partial charge in [0.05, 0.1) is 0 Å². The molecule has 2 nitrogen and oxygen atoms in total. The molecule has 0 aliphatic rings. The molecular formula is C10H9BN2. The predicted molar refractivity (Wildman–Crippen MR) is 58.2 cm³/mol. The van der Waals surface area contributed by atoms with Crippen LogP contribution in [-0.2, 0) is 0 Å². The van der Waals surface area contributed by atoms with Gasteiger partial charge in [0.25, 0.3) is 0 Å². The summed E-state index contributed by atoms with van der Waals surface area (Å²) < 4.78 is 0. The molecule has 0 aliphatic carbocycles. The second-order valence-corrected chi connectivity index (χ2v) is 3.05. The Hall–Kier alpha value is -1.64. The molecule has 0 atom stereocenters. The first kappa shape index (κ1) is 7.99. The van der Waals surface area contributed by atoms with E-state index < -0.39 is 0 Å². The highest BCUT2D eigenvalue weighted by Crippen LogP contribution is 2.24. The summed E-state index contributed by atoms with van der Waals surface area (Å²) in [7, 11) is 5.65. The summed E-state index contributed by atoms with van der Waals surface area (Å²) in [6, 6.07) is 9.13. The van der Waals surface area contributed by atoms with Crippen LogP contribution in [0.1, 0.15) is 0 Å². The quantitative estimate of drug-likeness (QED) is 0.451. The van der Waals surface area contributed by atoms with Crippen LogP contribution in [0.4, 0.5) is 11.4 Å². The first-order chi connectivity index (χ1) is 6.18. The highest BCUT2D eigenvalue weighted by atomic mass is 14.6. The lowest BCUT2D eigenvalue weighted by atomic mass is 9.92. The number of hydrogen-bond acceptors (Lipinski definition) is 2. The molecule has 0 unspecified atom stereocenters. The van der Waals surface area contributed by atoms with E-state index in [1.54, 1.807) is 12.1 Å². The Morgan fingerprint density at radius 2 is 1.46 bits per heavy atom. The Morgan fingerprint density at radius 1 is 0.846 bits per heavy atom. The van der Waals surface area contributed by atoms with Crippen molar-refractivity contribution >= 4 is 35.5 Å². The molecule has 2 rings (SSSR count). The molecule has 0 spiro atoms. The lowest BCUT2D eigenvalue weighted by Crippen LogP contribution is -2.02. The van der Waals surface area contributed by atoms with Crippen LogP contribution in [0, 0.1) is 0 Å². The van der Waals surface area contributed by atoms with E-state index in [1.807, 2.05) is 18.2 Å². The fourth-order valence-electron chi connectivity index (χ4n) is 1.41. The number of fused-ring (bicyclic) bond motifs is 1. The smallest absolute Gasteiger partial charge is 0.113 e. The van der Waals surface area contributed by atoms with E-state index in [2.05, 4.69) is 0 Å². The summed E-state index contributed by atoms with van der Waals surface area (Å²) in [6.07, 6.45) is 0. The number of hydrogen-bond donors (Lipinski definition) is 2. The van der Waals surface area contributed by atoms with E-state index in [-0.39, 0.29) is 0 Å². The normalized spacial score (nSPS) is 10.5. The van der Waals surface area contributed by atoms with Crippen LogP contribution in [0.25, 0.3) is 10.8 Å². The lowest BCUT2D eigenvalue weighted by Gasteiger charge is -2.05. The van der Waals surface area contributed by atoms with E-state index in [4.69, 9.17) is 19.3 Å². The van der Waals surface area contributed by atoms with Crippen LogP contribution in [0.15, 0.2) is 30.3 Å². The summed E-state index contributed by atoms with van der Waals surface area (Å²) in [5.74, 6) is 0. The summed E-state index contributed by atoms with van der Waals surface area (Å²) in [5, 5.41) is 1.87. The van der Waals surface area contributed by atoms with Gasteiger partial charge in [-0.25, -0.2) is 0 Å². The number of rotatable bonds is 0. The summed E-state index contributed by atoms with van der Waals surface area (Å²) in [5.41, 5.74) is 13.7. The van der Waals surface area contributed by atoms with Gasteiger partial charge in [-0.05, 0) is 12.1 Å². The minimum atomic E-state index is 0.699. The van der Waals surface area contributed by atoms with Crippen molar-refractivity contribution < 1.29 is 0 Å². The zero-order chi connectivity index (χ0) is 9.42. The van der Waals surface area contributed by atoms with E-state index in [1.165, 1.54) is 0 Å². The predicted octanol–water partition coefficient (Wildman–Crippen LogP) is 0.798. The SMILES string of the molecule is [B]c1ccc2c(N)ccc(N)c2c1. The van der Waals surface area contributed by atoms with Crippen LogP contribution in [0.5, 0.6) is 0 Å². The van der Waals surface area contributed by atoms with Gasteiger partial charge in [-0.1, -0.05) is 23.7 Å². The number of nitrogen functional groups attached to an aromatic ring is 2. The molecule has 0 bridgehead atoms. The highest BCUT2D eigenvalue weighted by Gasteiger charge is 2.00. The van der Waals surface area contributed by atoms with E-state index in [0.717, 1.165) is 16.5 Å². The molecular weight excluding hydrogens is 159 g/mol. The Kier molecular flexibility index (Phi) is 1.66. The third-order valence-corrected chi connectivity index (χ3v) is 2.11. The zero-order valence-electron chi connectivity index (χ0n) is 7.12. The van der Waals surface area contributed by atoms with E-state index in [0.29, 0.717) is 11.2 Å². The molecule has 0 fully saturated rings. The van der Waals surface area contributed by atoms with Crippen molar-refractivity contribution in [3.63, 3.8) is 0 Å². The van der Waals surface area contributed by atoms with Crippen LogP contribution in [-0.4, -0.2) is 7.85 Å². The fourth-order valence-corrected chi connectivity index (χ4v) is 1.41. The Bertz CT molecular complexity index is 466. The van der Waals surface area contributed by atoms with Gasteiger partial charge in [0.1, 0.15) is 7.85 Å². The molecule has 0 saturated heterocycles.